The van der Waals surface area contributed by atoms with Crippen molar-refractivity contribution in [1.82, 2.24) is 0 Å². The number of thioether (sulfide) groups is 2. The summed E-state index contributed by atoms with van der Waals surface area (Å²) in [4.78, 5) is 12.7. The van der Waals surface area contributed by atoms with Crippen molar-refractivity contribution in [2.24, 2.45) is 0 Å². The summed E-state index contributed by atoms with van der Waals surface area (Å²) < 4.78 is 1.25. The highest BCUT2D eigenvalue weighted by Crippen LogP contribution is 2.28. The largest absolute Gasteiger partial charge is 0.293 e. The van der Waals surface area contributed by atoms with E-state index in [1.807, 2.05) is 17.8 Å². The number of rotatable bonds is 7. The van der Waals surface area contributed by atoms with Gasteiger partial charge in [0, 0.05) is 12.2 Å². The maximum absolute atomic E-state index is 11.8. The van der Waals surface area contributed by atoms with Crippen molar-refractivity contribution in [2.75, 3.05) is 11.5 Å². The minimum Gasteiger partial charge on any atom is -0.293 e. The van der Waals surface area contributed by atoms with Gasteiger partial charge in [-0.25, -0.2) is 0 Å². The number of hydrogen-bond donors (Lipinski definition) is 0. The highest BCUT2D eigenvalue weighted by atomic mass is 32.2. The summed E-state index contributed by atoms with van der Waals surface area (Å²) >= 11 is 5.28. The molecule has 16 heavy (non-hydrogen) atoms. The first-order valence-electron chi connectivity index (χ1n) is 5.51. The Balaban J connectivity index is 2.40. The third-order valence-electron chi connectivity index (χ3n) is 1.92. The minimum absolute atomic E-state index is 0.293. The van der Waals surface area contributed by atoms with Gasteiger partial charge in [-0.05, 0) is 23.1 Å². The summed E-state index contributed by atoms with van der Waals surface area (Å²) in [5, 5.41) is 0.613. The predicted octanol–water partition coefficient (Wildman–Crippen LogP) is 4.57. The molecule has 0 unspecified atom stereocenters. The molecule has 0 aromatic carbocycles. The zero-order valence-corrected chi connectivity index (χ0v) is 12.4. The van der Waals surface area contributed by atoms with Crippen LogP contribution in [0.3, 0.4) is 0 Å². The van der Waals surface area contributed by atoms with E-state index in [9.17, 15) is 4.79 Å². The second kappa shape index (κ2) is 7.41. The van der Waals surface area contributed by atoms with Crippen LogP contribution in [0.2, 0.25) is 0 Å². The van der Waals surface area contributed by atoms with Crippen LogP contribution in [0.1, 0.15) is 36.9 Å². The summed E-state index contributed by atoms with van der Waals surface area (Å²) in [5.74, 6) is 2.29. The molecule has 1 aromatic heterocycles. The van der Waals surface area contributed by atoms with Crippen molar-refractivity contribution in [3.63, 3.8) is 0 Å². The Labute approximate surface area is 110 Å². The molecular formula is C12H18OS3. The molecule has 0 aliphatic carbocycles. The summed E-state index contributed by atoms with van der Waals surface area (Å²) in [6.07, 6.45) is 0.666. The van der Waals surface area contributed by atoms with E-state index in [2.05, 4.69) is 26.8 Å². The topological polar surface area (TPSA) is 17.1 Å². The van der Waals surface area contributed by atoms with Crippen LogP contribution in [0.25, 0.3) is 0 Å². The predicted molar refractivity (Wildman–Crippen MR) is 77.3 cm³/mol. The summed E-state index contributed by atoms with van der Waals surface area (Å²) in [6, 6.07) is 4.02. The van der Waals surface area contributed by atoms with E-state index in [0.29, 0.717) is 17.5 Å². The van der Waals surface area contributed by atoms with Gasteiger partial charge in [-0.1, -0.05) is 20.8 Å². The van der Waals surface area contributed by atoms with E-state index in [1.165, 1.54) is 4.21 Å². The fraction of sp³-hybridized carbons (Fsp3) is 0.583. The Morgan fingerprint density at radius 1 is 1.44 bits per heavy atom. The SMILES string of the molecule is CCSc1ccc(C(=O)CCSC(C)C)s1. The molecule has 0 spiro atoms. The fourth-order valence-corrected chi connectivity index (χ4v) is 3.99. The maximum atomic E-state index is 11.8. The summed E-state index contributed by atoms with van der Waals surface area (Å²) in [6.45, 7) is 6.46. The lowest BCUT2D eigenvalue weighted by molar-refractivity contribution is 0.0993. The van der Waals surface area contributed by atoms with Crippen LogP contribution in [0, 0.1) is 0 Å². The zero-order chi connectivity index (χ0) is 12.0. The first-order valence-corrected chi connectivity index (χ1v) is 8.36. The molecule has 0 N–H and O–H groups in total. The molecule has 0 fully saturated rings. The second-order valence-corrected chi connectivity index (χ2v) is 7.98. The number of carbonyl (C=O) groups excluding carboxylic acids is 1. The van der Waals surface area contributed by atoms with Crippen molar-refractivity contribution in [3.8, 4) is 0 Å². The van der Waals surface area contributed by atoms with Gasteiger partial charge >= 0.3 is 0 Å². The number of carbonyl (C=O) groups is 1. The van der Waals surface area contributed by atoms with Crippen molar-refractivity contribution in [3.05, 3.63) is 17.0 Å². The highest BCUT2D eigenvalue weighted by molar-refractivity contribution is 8.01. The molecule has 90 valence electrons. The van der Waals surface area contributed by atoms with Gasteiger partial charge in [0.05, 0.1) is 9.09 Å². The van der Waals surface area contributed by atoms with Crippen molar-refractivity contribution in [2.45, 2.75) is 36.7 Å². The monoisotopic (exact) mass is 274 g/mol. The molecule has 0 bridgehead atoms. The van der Waals surface area contributed by atoms with Crippen LogP contribution in [0.4, 0.5) is 0 Å². The van der Waals surface area contributed by atoms with Crippen molar-refractivity contribution < 1.29 is 4.79 Å². The minimum atomic E-state index is 0.293. The van der Waals surface area contributed by atoms with E-state index >= 15 is 0 Å². The number of thiophene rings is 1. The van der Waals surface area contributed by atoms with Crippen molar-refractivity contribution >= 4 is 40.6 Å². The molecule has 4 heteroatoms. The van der Waals surface area contributed by atoms with E-state index in [-0.39, 0.29) is 0 Å². The molecule has 1 heterocycles. The van der Waals surface area contributed by atoms with Gasteiger partial charge in [0.25, 0.3) is 0 Å². The van der Waals surface area contributed by atoms with E-state index in [0.717, 1.165) is 16.4 Å². The molecule has 0 aliphatic rings. The van der Waals surface area contributed by atoms with Crippen LogP contribution < -0.4 is 0 Å². The quantitative estimate of drug-likeness (QED) is 0.535. The normalized spacial score (nSPS) is 11.0. The van der Waals surface area contributed by atoms with Gasteiger partial charge in [-0.15, -0.1) is 23.1 Å². The molecule has 1 nitrogen and oxygen atoms in total. The van der Waals surface area contributed by atoms with Gasteiger partial charge in [0.15, 0.2) is 5.78 Å². The van der Waals surface area contributed by atoms with Gasteiger partial charge in [-0.2, -0.15) is 11.8 Å². The standard InChI is InChI=1S/C12H18OS3/c1-4-14-12-6-5-11(16-12)10(13)7-8-15-9(2)3/h5-6,9H,4,7-8H2,1-3H3. The second-order valence-electron chi connectivity index (χ2n) is 3.64. The fourth-order valence-electron chi connectivity index (χ4n) is 1.20. The molecule has 1 rings (SSSR count). The van der Waals surface area contributed by atoms with E-state index in [4.69, 9.17) is 0 Å². The average Bonchev–Trinajstić information content (AvgIpc) is 2.66. The van der Waals surface area contributed by atoms with Gasteiger partial charge in [0.2, 0.25) is 0 Å². The van der Waals surface area contributed by atoms with Gasteiger partial charge < -0.3 is 0 Å². The van der Waals surface area contributed by atoms with E-state index < -0.39 is 0 Å². The average molecular weight is 274 g/mol. The maximum Gasteiger partial charge on any atom is 0.173 e. The molecule has 0 atom stereocenters. The van der Waals surface area contributed by atoms with Crippen LogP contribution in [0.15, 0.2) is 16.3 Å². The zero-order valence-electron chi connectivity index (χ0n) is 9.99. The van der Waals surface area contributed by atoms with Crippen LogP contribution in [-0.4, -0.2) is 22.5 Å². The van der Waals surface area contributed by atoms with Crippen LogP contribution in [-0.2, 0) is 0 Å². The molecule has 0 saturated heterocycles. The van der Waals surface area contributed by atoms with Crippen LogP contribution >= 0.6 is 34.9 Å². The van der Waals surface area contributed by atoms with Crippen LogP contribution in [0.5, 0.6) is 0 Å². The molecule has 1 aromatic rings. The first kappa shape index (κ1) is 14.1. The van der Waals surface area contributed by atoms with E-state index in [1.54, 1.807) is 23.1 Å². The highest BCUT2D eigenvalue weighted by Gasteiger charge is 2.09. The Morgan fingerprint density at radius 3 is 2.81 bits per heavy atom. The molecule has 0 radical (unpaired) electrons. The Bertz CT molecular complexity index is 331. The first-order chi connectivity index (χ1) is 7.63. The number of Topliss-reactive ketones (excluding diaryl/α,β-unsaturated/α-hetero) is 1. The Hall–Kier alpha value is 0.0700. The third kappa shape index (κ3) is 4.93. The van der Waals surface area contributed by atoms with Crippen molar-refractivity contribution in [1.29, 1.82) is 0 Å². The molecule has 0 aliphatic heterocycles. The molecule has 0 amide bonds. The number of hydrogen-bond acceptors (Lipinski definition) is 4. The number of ketones is 1. The molecular weight excluding hydrogens is 256 g/mol. The van der Waals surface area contributed by atoms with Gasteiger partial charge in [0.1, 0.15) is 0 Å². The molecule has 0 saturated carbocycles. The summed E-state index contributed by atoms with van der Waals surface area (Å²) in [5.41, 5.74) is 0. The lowest BCUT2D eigenvalue weighted by Gasteiger charge is -2.02. The summed E-state index contributed by atoms with van der Waals surface area (Å²) in [7, 11) is 0. The third-order valence-corrected chi connectivity index (χ3v) is 5.26. The lowest BCUT2D eigenvalue weighted by atomic mass is 10.3. The smallest absolute Gasteiger partial charge is 0.173 e. The Kier molecular flexibility index (Phi) is 6.54. The van der Waals surface area contributed by atoms with Gasteiger partial charge in [-0.3, -0.25) is 4.79 Å². The lowest BCUT2D eigenvalue weighted by Crippen LogP contribution is -1.99. The Morgan fingerprint density at radius 2 is 2.19 bits per heavy atom.